The minimum absolute atomic E-state index is 0.154. The summed E-state index contributed by atoms with van der Waals surface area (Å²) in [7, 11) is -3.82. The first kappa shape index (κ1) is 13.7. The molecule has 0 atom stereocenters. The quantitative estimate of drug-likeness (QED) is 0.921. The van der Waals surface area contributed by atoms with E-state index < -0.39 is 15.8 Å². The second kappa shape index (κ2) is 5.48. The Labute approximate surface area is 117 Å². The molecule has 0 unspecified atom stereocenters. The average molecular weight is 350 g/mol. The van der Waals surface area contributed by atoms with Crippen molar-refractivity contribution < 1.29 is 12.8 Å². The van der Waals surface area contributed by atoms with Crippen molar-refractivity contribution in [2.45, 2.75) is 11.4 Å². The van der Waals surface area contributed by atoms with Crippen molar-refractivity contribution in [1.82, 2.24) is 4.72 Å². The molecule has 2 rings (SSSR count). The molecule has 0 saturated heterocycles. The second-order valence-electron chi connectivity index (χ2n) is 3.53. The summed E-state index contributed by atoms with van der Waals surface area (Å²) in [4.78, 5) is -0.346. The molecule has 1 aromatic heterocycles. The molecule has 3 nitrogen and oxygen atoms in total. The van der Waals surface area contributed by atoms with Crippen LogP contribution in [0.4, 0.5) is 4.39 Å². The Morgan fingerprint density at radius 1 is 1.33 bits per heavy atom. The van der Waals surface area contributed by atoms with Gasteiger partial charge in [0.05, 0.1) is 0 Å². The van der Waals surface area contributed by atoms with E-state index in [1.54, 1.807) is 0 Å². The Morgan fingerprint density at radius 2 is 2.11 bits per heavy atom. The van der Waals surface area contributed by atoms with Crippen LogP contribution in [0.25, 0.3) is 0 Å². The van der Waals surface area contributed by atoms with Gasteiger partial charge in [-0.3, -0.25) is 0 Å². The van der Waals surface area contributed by atoms with Crippen LogP contribution in [0.2, 0.25) is 0 Å². The van der Waals surface area contributed by atoms with Gasteiger partial charge in [-0.2, -0.15) is 11.3 Å². The van der Waals surface area contributed by atoms with Crippen LogP contribution in [0.5, 0.6) is 0 Å². The molecule has 0 aliphatic carbocycles. The van der Waals surface area contributed by atoms with Gasteiger partial charge in [-0.05, 0) is 40.6 Å². The van der Waals surface area contributed by atoms with Gasteiger partial charge in [0.15, 0.2) is 0 Å². The van der Waals surface area contributed by atoms with Crippen molar-refractivity contribution in [2.75, 3.05) is 0 Å². The zero-order valence-electron chi connectivity index (χ0n) is 9.06. The summed E-state index contributed by atoms with van der Waals surface area (Å²) < 4.78 is 40.2. The van der Waals surface area contributed by atoms with Crippen LogP contribution >= 0.6 is 27.3 Å². The standard InChI is InChI=1S/C11H9BrFNO2S2/c12-9-1-2-11(10(13)5-9)18(15,16)14-6-8-3-4-17-7-8/h1-5,7,14H,6H2. The predicted octanol–water partition coefficient (Wildman–Crippen LogP) is 3.13. The number of hydrogen-bond donors (Lipinski definition) is 1. The van der Waals surface area contributed by atoms with E-state index in [9.17, 15) is 12.8 Å². The largest absolute Gasteiger partial charge is 0.243 e. The predicted molar refractivity (Wildman–Crippen MR) is 72.4 cm³/mol. The Balaban J connectivity index is 2.20. The third-order valence-corrected chi connectivity index (χ3v) is 4.89. The van der Waals surface area contributed by atoms with Gasteiger partial charge in [-0.1, -0.05) is 15.9 Å². The lowest BCUT2D eigenvalue weighted by atomic mass is 10.3. The number of nitrogens with one attached hydrogen (secondary N) is 1. The molecule has 2 aromatic rings. The fraction of sp³-hybridized carbons (Fsp3) is 0.0909. The van der Waals surface area contributed by atoms with Gasteiger partial charge >= 0.3 is 0 Å². The van der Waals surface area contributed by atoms with Gasteiger partial charge < -0.3 is 0 Å². The zero-order valence-corrected chi connectivity index (χ0v) is 12.3. The highest BCUT2D eigenvalue weighted by Gasteiger charge is 2.18. The van der Waals surface area contributed by atoms with Crippen molar-refractivity contribution in [2.24, 2.45) is 0 Å². The third kappa shape index (κ3) is 3.17. The summed E-state index contributed by atoms with van der Waals surface area (Å²) in [6.45, 7) is 0.154. The summed E-state index contributed by atoms with van der Waals surface area (Å²) in [5, 5.41) is 3.68. The second-order valence-corrected chi connectivity index (χ2v) is 6.96. The van der Waals surface area contributed by atoms with E-state index in [2.05, 4.69) is 20.7 Å². The van der Waals surface area contributed by atoms with Gasteiger partial charge in [-0.15, -0.1) is 0 Å². The van der Waals surface area contributed by atoms with Crippen molar-refractivity contribution in [3.8, 4) is 0 Å². The van der Waals surface area contributed by atoms with Crippen LogP contribution in [0.3, 0.4) is 0 Å². The molecular weight excluding hydrogens is 341 g/mol. The molecule has 1 heterocycles. The van der Waals surface area contributed by atoms with E-state index in [1.807, 2.05) is 16.8 Å². The summed E-state index contributed by atoms with van der Waals surface area (Å²) in [5.41, 5.74) is 0.848. The summed E-state index contributed by atoms with van der Waals surface area (Å²) >= 11 is 4.56. The first-order valence-corrected chi connectivity index (χ1v) is 8.17. The third-order valence-electron chi connectivity index (χ3n) is 2.23. The van der Waals surface area contributed by atoms with E-state index in [4.69, 9.17) is 0 Å². The molecule has 1 N–H and O–H groups in total. The van der Waals surface area contributed by atoms with Gasteiger partial charge in [0, 0.05) is 11.0 Å². The topological polar surface area (TPSA) is 46.2 Å². The van der Waals surface area contributed by atoms with E-state index in [-0.39, 0.29) is 11.4 Å². The van der Waals surface area contributed by atoms with Gasteiger partial charge in [-0.25, -0.2) is 17.5 Å². The lowest BCUT2D eigenvalue weighted by Gasteiger charge is -2.07. The molecule has 0 fully saturated rings. The van der Waals surface area contributed by atoms with Crippen molar-refractivity contribution in [3.05, 3.63) is 50.9 Å². The molecule has 0 spiro atoms. The van der Waals surface area contributed by atoms with Gasteiger partial charge in [0.2, 0.25) is 10.0 Å². The van der Waals surface area contributed by atoms with Gasteiger partial charge in [0.1, 0.15) is 10.7 Å². The molecule has 0 radical (unpaired) electrons. The summed E-state index contributed by atoms with van der Waals surface area (Å²) in [6.07, 6.45) is 0. The first-order valence-electron chi connectivity index (χ1n) is 4.95. The van der Waals surface area contributed by atoms with Crippen LogP contribution in [0.1, 0.15) is 5.56 Å². The normalized spacial score (nSPS) is 11.7. The highest BCUT2D eigenvalue weighted by atomic mass is 79.9. The molecule has 0 aliphatic heterocycles. The van der Waals surface area contributed by atoms with E-state index >= 15 is 0 Å². The minimum Gasteiger partial charge on any atom is -0.207 e. The average Bonchev–Trinajstić information content (AvgIpc) is 2.78. The molecule has 0 saturated carbocycles. The SMILES string of the molecule is O=S(=O)(NCc1ccsc1)c1ccc(Br)cc1F. The highest BCUT2D eigenvalue weighted by molar-refractivity contribution is 9.10. The molecule has 1 aromatic carbocycles. The number of halogens is 2. The van der Waals surface area contributed by atoms with Crippen LogP contribution < -0.4 is 4.72 Å². The van der Waals surface area contributed by atoms with Crippen LogP contribution in [-0.2, 0) is 16.6 Å². The zero-order chi connectivity index (χ0) is 13.2. The number of thiophene rings is 1. The lowest BCUT2D eigenvalue weighted by Crippen LogP contribution is -2.23. The van der Waals surface area contributed by atoms with Crippen molar-refractivity contribution in [1.29, 1.82) is 0 Å². The molecule has 0 bridgehead atoms. The van der Waals surface area contributed by atoms with E-state index in [1.165, 1.54) is 23.5 Å². The summed E-state index contributed by atoms with van der Waals surface area (Å²) in [6, 6.07) is 5.65. The number of hydrogen-bond acceptors (Lipinski definition) is 3. The van der Waals surface area contributed by atoms with Gasteiger partial charge in [0.25, 0.3) is 0 Å². The smallest absolute Gasteiger partial charge is 0.207 e. The minimum atomic E-state index is -3.82. The lowest BCUT2D eigenvalue weighted by molar-refractivity contribution is 0.556. The van der Waals surface area contributed by atoms with E-state index in [0.29, 0.717) is 4.47 Å². The first-order chi connectivity index (χ1) is 8.49. The number of sulfonamides is 1. The van der Waals surface area contributed by atoms with Crippen molar-refractivity contribution in [3.63, 3.8) is 0 Å². The van der Waals surface area contributed by atoms with Crippen LogP contribution in [-0.4, -0.2) is 8.42 Å². The van der Waals surface area contributed by atoms with E-state index in [0.717, 1.165) is 11.6 Å². The van der Waals surface area contributed by atoms with Crippen LogP contribution in [0.15, 0.2) is 44.4 Å². The fourth-order valence-corrected chi connectivity index (χ4v) is 3.42. The molecule has 7 heteroatoms. The summed E-state index contributed by atoms with van der Waals surface area (Å²) in [5.74, 6) is -0.776. The fourth-order valence-electron chi connectivity index (χ4n) is 1.34. The molecule has 96 valence electrons. The maximum absolute atomic E-state index is 13.6. The maximum atomic E-state index is 13.6. The number of rotatable bonds is 4. The Hall–Kier alpha value is -0.760. The number of benzene rings is 1. The molecule has 0 aliphatic rings. The molecule has 0 amide bonds. The maximum Gasteiger partial charge on any atom is 0.243 e. The molecule has 18 heavy (non-hydrogen) atoms. The van der Waals surface area contributed by atoms with Crippen LogP contribution in [0, 0.1) is 5.82 Å². The Bertz CT molecular complexity index is 641. The monoisotopic (exact) mass is 349 g/mol. The molecular formula is C11H9BrFNO2S2. The highest BCUT2D eigenvalue weighted by Crippen LogP contribution is 2.19. The van der Waals surface area contributed by atoms with Crippen molar-refractivity contribution >= 4 is 37.3 Å². The Morgan fingerprint density at radius 3 is 2.72 bits per heavy atom. The Kier molecular flexibility index (Phi) is 4.16.